The van der Waals surface area contributed by atoms with Crippen molar-refractivity contribution < 1.29 is 4.79 Å². The van der Waals surface area contributed by atoms with Crippen molar-refractivity contribution in [3.05, 3.63) is 87.8 Å². The van der Waals surface area contributed by atoms with Crippen LogP contribution in [0.3, 0.4) is 0 Å². The predicted octanol–water partition coefficient (Wildman–Crippen LogP) is 4.61. The van der Waals surface area contributed by atoms with Crippen LogP contribution in [-0.4, -0.2) is 15.5 Å². The van der Waals surface area contributed by atoms with E-state index in [1.165, 1.54) is 22.4 Å². The maximum atomic E-state index is 12.7. The highest BCUT2D eigenvalue weighted by atomic mass is 32.2. The van der Waals surface area contributed by atoms with Crippen LogP contribution in [0.1, 0.15) is 36.6 Å². The highest BCUT2D eigenvalue weighted by Gasteiger charge is 2.14. The SMILES string of the molecule is Cc1cc(=O)n(CC(=O)Nc2ccccc2C(C)C)c(SCc2ccccc2)n1. The second kappa shape index (κ2) is 9.56. The molecule has 3 rings (SSSR count). The van der Waals surface area contributed by atoms with E-state index in [0.29, 0.717) is 16.6 Å². The molecule has 1 amide bonds. The molecule has 150 valence electrons. The second-order valence-corrected chi connectivity index (χ2v) is 8.11. The van der Waals surface area contributed by atoms with Gasteiger partial charge in [0.2, 0.25) is 5.91 Å². The fraction of sp³-hybridized carbons (Fsp3) is 0.261. The molecular formula is C23H25N3O2S. The fourth-order valence-electron chi connectivity index (χ4n) is 3.02. The maximum Gasteiger partial charge on any atom is 0.254 e. The van der Waals surface area contributed by atoms with Crippen molar-refractivity contribution >= 4 is 23.4 Å². The Balaban J connectivity index is 1.79. The number of anilines is 1. The summed E-state index contributed by atoms with van der Waals surface area (Å²) in [5.41, 5.74) is 3.40. The van der Waals surface area contributed by atoms with Crippen molar-refractivity contribution in [2.75, 3.05) is 5.32 Å². The third-order valence-electron chi connectivity index (χ3n) is 4.47. The van der Waals surface area contributed by atoms with E-state index in [0.717, 1.165) is 16.8 Å². The number of hydrogen-bond donors (Lipinski definition) is 1. The largest absolute Gasteiger partial charge is 0.324 e. The fourth-order valence-corrected chi connectivity index (χ4v) is 4.03. The summed E-state index contributed by atoms with van der Waals surface area (Å²) in [6.07, 6.45) is 0. The number of carbonyl (C=O) groups is 1. The number of benzene rings is 2. The molecule has 1 heterocycles. The summed E-state index contributed by atoms with van der Waals surface area (Å²) < 4.78 is 1.44. The number of nitrogens with one attached hydrogen (secondary N) is 1. The number of thioether (sulfide) groups is 1. The second-order valence-electron chi connectivity index (χ2n) is 7.17. The van der Waals surface area contributed by atoms with E-state index in [-0.39, 0.29) is 23.9 Å². The molecule has 0 atom stereocenters. The van der Waals surface area contributed by atoms with Gasteiger partial charge in [0.1, 0.15) is 6.54 Å². The highest BCUT2D eigenvalue weighted by molar-refractivity contribution is 7.98. The predicted molar refractivity (Wildman–Crippen MR) is 118 cm³/mol. The first-order valence-electron chi connectivity index (χ1n) is 9.58. The molecule has 2 aromatic carbocycles. The van der Waals surface area contributed by atoms with Crippen molar-refractivity contribution in [3.8, 4) is 0 Å². The van der Waals surface area contributed by atoms with Gasteiger partial charge in [0.25, 0.3) is 5.56 Å². The van der Waals surface area contributed by atoms with E-state index < -0.39 is 0 Å². The first-order chi connectivity index (χ1) is 13.9. The van der Waals surface area contributed by atoms with Gasteiger partial charge in [-0.2, -0.15) is 0 Å². The molecule has 0 bridgehead atoms. The normalized spacial score (nSPS) is 10.9. The van der Waals surface area contributed by atoms with Gasteiger partial charge in [-0.25, -0.2) is 4.98 Å². The topological polar surface area (TPSA) is 64.0 Å². The van der Waals surface area contributed by atoms with Gasteiger partial charge in [0, 0.05) is 23.2 Å². The molecule has 29 heavy (non-hydrogen) atoms. The van der Waals surface area contributed by atoms with Gasteiger partial charge in [-0.3, -0.25) is 14.2 Å². The van der Waals surface area contributed by atoms with Gasteiger partial charge in [-0.15, -0.1) is 0 Å². The van der Waals surface area contributed by atoms with Crippen LogP contribution in [0.2, 0.25) is 0 Å². The van der Waals surface area contributed by atoms with Crippen LogP contribution in [0.25, 0.3) is 0 Å². The minimum absolute atomic E-state index is 0.0737. The number of aryl methyl sites for hydroxylation is 1. The Morgan fingerprint density at radius 3 is 2.52 bits per heavy atom. The Labute approximate surface area is 175 Å². The summed E-state index contributed by atoms with van der Waals surface area (Å²) in [6, 6.07) is 19.2. The van der Waals surface area contributed by atoms with Gasteiger partial charge in [-0.05, 0) is 30.0 Å². The average Bonchev–Trinajstić information content (AvgIpc) is 2.69. The Morgan fingerprint density at radius 1 is 1.10 bits per heavy atom. The molecule has 1 N–H and O–H groups in total. The Hall–Kier alpha value is -2.86. The van der Waals surface area contributed by atoms with Crippen LogP contribution in [0.4, 0.5) is 5.69 Å². The van der Waals surface area contributed by atoms with Gasteiger partial charge in [0.15, 0.2) is 5.16 Å². The zero-order valence-corrected chi connectivity index (χ0v) is 17.7. The number of amides is 1. The van der Waals surface area contributed by atoms with Crippen molar-refractivity contribution in [1.82, 2.24) is 9.55 Å². The lowest BCUT2D eigenvalue weighted by molar-refractivity contribution is -0.116. The van der Waals surface area contributed by atoms with Crippen LogP contribution in [0.15, 0.2) is 70.6 Å². The van der Waals surface area contributed by atoms with Crippen molar-refractivity contribution in [1.29, 1.82) is 0 Å². The average molecular weight is 408 g/mol. The third-order valence-corrected chi connectivity index (χ3v) is 5.52. The highest BCUT2D eigenvalue weighted by Crippen LogP contribution is 2.24. The van der Waals surface area contributed by atoms with E-state index in [9.17, 15) is 9.59 Å². The van der Waals surface area contributed by atoms with E-state index in [4.69, 9.17) is 0 Å². The quantitative estimate of drug-likeness (QED) is 0.459. The number of rotatable bonds is 7. The van der Waals surface area contributed by atoms with Crippen LogP contribution in [0.5, 0.6) is 0 Å². The molecule has 0 saturated carbocycles. The smallest absolute Gasteiger partial charge is 0.254 e. The standard InChI is InChI=1S/C23H25N3O2S/c1-16(2)19-11-7-8-12-20(19)25-21(27)14-26-22(28)13-17(3)24-23(26)29-15-18-9-5-4-6-10-18/h4-13,16H,14-15H2,1-3H3,(H,25,27). The molecule has 6 heteroatoms. The van der Waals surface area contributed by atoms with E-state index in [2.05, 4.69) is 24.1 Å². The molecule has 1 aromatic heterocycles. The molecule has 0 aliphatic carbocycles. The molecule has 0 aliphatic rings. The summed E-state index contributed by atoms with van der Waals surface area (Å²) in [7, 11) is 0. The first-order valence-corrected chi connectivity index (χ1v) is 10.6. The summed E-state index contributed by atoms with van der Waals surface area (Å²) in [5, 5.41) is 3.49. The minimum Gasteiger partial charge on any atom is -0.324 e. The molecule has 0 aliphatic heterocycles. The summed E-state index contributed by atoms with van der Waals surface area (Å²) in [6.45, 7) is 5.88. The van der Waals surface area contributed by atoms with Gasteiger partial charge < -0.3 is 5.32 Å². The first kappa shape index (κ1) is 20.9. The van der Waals surface area contributed by atoms with Gasteiger partial charge in [-0.1, -0.05) is 74.1 Å². The molecule has 0 unspecified atom stereocenters. The number of carbonyl (C=O) groups excluding carboxylic acids is 1. The molecule has 0 saturated heterocycles. The minimum atomic E-state index is -0.243. The summed E-state index contributed by atoms with van der Waals surface area (Å²) in [4.78, 5) is 29.8. The van der Waals surface area contributed by atoms with E-state index >= 15 is 0 Å². The van der Waals surface area contributed by atoms with Crippen molar-refractivity contribution in [2.24, 2.45) is 0 Å². The van der Waals surface area contributed by atoms with Crippen molar-refractivity contribution in [2.45, 2.75) is 44.1 Å². The molecular weight excluding hydrogens is 382 g/mol. The van der Waals surface area contributed by atoms with Crippen LogP contribution < -0.4 is 10.9 Å². The lowest BCUT2D eigenvalue weighted by atomic mass is 10.0. The zero-order valence-electron chi connectivity index (χ0n) is 16.9. The molecule has 5 nitrogen and oxygen atoms in total. The van der Waals surface area contributed by atoms with Crippen LogP contribution >= 0.6 is 11.8 Å². The monoisotopic (exact) mass is 407 g/mol. The van der Waals surface area contributed by atoms with Crippen LogP contribution in [-0.2, 0) is 17.1 Å². The number of nitrogens with zero attached hydrogens (tertiary/aromatic N) is 2. The van der Waals surface area contributed by atoms with E-state index in [1.807, 2.05) is 54.6 Å². The van der Waals surface area contributed by atoms with Crippen LogP contribution in [0, 0.1) is 6.92 Å². The molecule has 0 fully saturated rings. The van der Waals surface area contributed by atoms with Crippen molar-refractivity contribution in [3.63, 3.8) is 0 Å². The zero-order chi connectivity index (χ0) is 20.8. The third kappa shape index (κ3) is 5.57. The lowest BCUT2D eigenvalue weighted by Gasteiger charge is -2.15. The molecule has 0 radical (unpaired) electrons. The Morgan fingerprint density at radius 2 is 1.79 bits per heavy atom. The number of para-hydroxylation sites is 1. The van der Waals surface area contributed by atoms with E-state index in [1.54, 1.807) is 6.92 Å². The lowest BCUT2D eigenvalue weighted by Crippen LogP contribution is -2.29. The van der Waals surface area contributed by atoms with Gasteiger partial charge >= 0.3 is 0 Å². The number of hydrogen-bond acceptors (Lipinski definition) is 4. The maximum absolute atomic E-state index is 12.7. The number of aromatic nitrogens is 2. The summed E-state index contributed by atoms with van der Waals surface area (Å²) in [5.74, 6) is 0.716. The summed E-state index contributed by atoms with van der Waals surface area (Å²) >= 11 is 1.46. The van der Waals surface area contributed by atoms with Gasteiger partial charge in [0.05, 0.1) is 0 Å². The molecule has 0 spiro atoms. The molecule has 3 aromatic rings. The Kier molecular flexibility index (Phi) is 6.88. The Bertz CT molecular complexity index is 1050.